The van der Waals surface area contributed by atoms with Gasteiger partial charge in [0.1, 0.15) is 11.5 Å². The Bertz CT molecular complexity index is 1190. The third-order valence-electron chi connectivity index (χ3n) is 4.34. The predicted octanol–water partition coefficient (Wildman–Crippen LogP) is 5.89. The normalized spacial score (nSPS) is 13.8. The van der Waals surface area contributed by atoms with E-state index in [1.807, 2.05) is 0 Å². The second kappa shape index (κ2) is 7.87. The highest BCUT2D eigenvalue weighted by atomic mass is 35.5. The number of hydrogen-bond donors (Lipinski definition) is 3. The Morgan fingerprint density at radius 1 is 0.759 bits per heavy atom. The Labute approximate surface area is 186 Å². The molecule has 3 aromatic carbocycles. The van der Waals surface area contributed by atoms with Gasteiger partial charge in [-0.2, -0.15) is 8.42 Å². The Hall–Kier alpha value is -1.67. The van der Waals surface area contributed by atoms with Crippen LogP contribution in [0.4, 0.5) is 0 Å². The molecule has 0 fully saturated rings. The van der Waals surface area contributed by atoms with Gasteiger partial charge in [-0.3, -0.25) is 4.55 Å². The van der Waals surface area contributed by atoms with Gasteiger partial charge in [0.25, 0.3) is 10.1 Å². The van der Waals surface area contributed by atoms with Crippen molar-refractivity contribution in [2.75, 3.05) is 0 Å². The van der Waals surface area contributed by atoms with Gasteiger partial charge in [-0.25, -0.2) is 0 Å². The van der Waals surface area contributed by atoms with Crippen molar-refractivity contribution in [1.29, 1.82) is 0 Å². The van der Waals surface area contributed by atoms with E-state index in [0.29, 0.717) is 0 Å². The van der Waals surface area contributed by atoms with Crippen LogP contribution in [0.1, 0.15) is 16.7 Å². The lowest BCUT2D eigenvalue weighted by molar-refractivity contribution is 0.428. The van der Waals surface area contributed by atoms with Gasteiger partial charge in [0, 0.05) is 26.2 Å². The fourth-order valence-electron chi connectivity index (χ4n) is 3.27. The molecule has 0 aliphatic rings. The monoisotopic (exact) mass is 492 g/mol. The SMILES string of the molecule is O=S(=O)(O)C(c1cccc(Cl)c1)(c1ccc(Cl)cc1O)c1c(O)cc(Cl)cc1Cl. The Kier molecular flexibility index (Phi) is 5.98. The molecule has 29 heavy (non-hydrogen) atoms. The largest absolute Gasteiger partial charge is 0.508 e. The third kappa shape index (κ3) is 3.77. The van der Waals surface area contributed by atoms with E-state index in [1.54, 1.807) is 0 Å². The number of rotatable bonds is 4. The molecule has 3 N–H and O–H groups in total. The van der Waals surface area contributed by atoms with Gasteiger partial charge in [0.2, 0.25) is 0 Å². The van der Waals surface area contributed by atoms with Crippen LogP contribution in [0.5, 0.6) is 11.5 Å². The van der Waals surface area contributed by atoms with Crippen molar-refractivity contribution in [3.05, 3.63) is 91.4 Å². The fourth-order valence-corrected chi connectivity index (χ4v) is 5.65. The van der Waals surface area contributed by atoms with Crippen LogP contribution in [0.15, 0.2) is 54.6 Å². The lowest BCUT2D eigenvalue weighted by Gasteiger charge is -2.34. The minimum absolute atomic E-state index is 0.0342. The lowest BCUT2D eigenvalue weighted by atomic mass is 9.83. The number of phenolic OH excluding ortho intramolecular Hbond substituents is 2. The van der Waals surface area contributed by atoms with Gasteiger partial charge in [0.05, 0.1) is 5.02 Å². The summed E-state index contributed by atoms with van der Waals surface area (Å²) in [6.45, 7) is 0. The molecule has 0 aromatic heterocycles. The lowest BCUT2D eigenvalue weighted by Crippen LogP contribution is -2.38. The average Bonchev–Trinajstić information content (AvgIpc) is 2.57. The van der Waals surface area contributed by atoms with Crippen molar-refractivity contribution in [1.82, 2.24) is 0 Å². The van der Waals surface area contributed by atoms with Gasteiger partial charge in [-0.1, -0.05) is 64.6 Å². The smallest absolute Gasteiger partial charge is 0.283 e. The molecular weight excluding hydrogens is 482 g/mol. The van der Waals surface area contributed by atoms with Gasteiger partial charge in [0.15, 0.2) is 4.75 Å². The first-order valence-corrected chi connectivity index (χ1v) is 10.8. The summed E-state index contributed by atoms with van der Waals surface area (Å²) in [6.07, 6.45) is 0. The minimum Gasteiger partial charge on any atom is -0.508 e. The fraction of sp³-hybridized carbons (Fsp3) is 0.0526. The van der Waals surface area contributed by atoms with Crippen LogP contribution in [0.3, 0.4) is 0 Å². The molecule has 152 valence electrons. The molecule has 3 aromatic rings. The summed E-state index contributed by atoms with van der Waals surface area (Å²) < 4.78 is 33.8. The summed E-state index contributed by atoms with van der Waals surface area (Å²) in [6, 6.07) is 11.5. The van der Waals surface area contributed by atoms with Gasteiger partial charge >= 0.3 is 0 Å². The van der Waals surface area contributed by atoms with Gasteiger partial charge < -0.3 is 10.2 Å². The molecule has 0 saturated heterocycles. The van der Waals surface area contributed by atoms with Crippen molar-refractivity contribution in [2.45, 2.75) is 4.75 Å². The number of benzene rings is 3. The van der Waals surface area contributed by atoms with Crippen molar-refractivity contribution < 1.29 is 23.2 Å². The van der Waals surface area contributed by atoms with Gasteiger partial charge in [-0.05, 0) is 42.0 Å². The first-order chi connectivity index (χ1) is 13.5. The van der Waals surface area contributed by atoms with E-state index in [2.05, 4.69) is 0 Å². The number of phenols is 2. The van der Waals surface area contributed by atoms with E-state index in [4.69, 9.17) is 46.4 Å². The molecule has 0 heterocycles. The van der Waals surface area contributed by atoms with Crippen LogP contribution in [0, 0.1) is 0 Å². The highest BCUT2D eigenvalue weighted by Gasteiger charge is 2.53. The Morgan fingerprint density at radius 2 is 1.38 bits per heavy atom. The number of aromatic hydroxyl groups is 2. The van der Waals surface area contributed by atoms with E-state index in [1.165, 1.54) is 42.5 Å². The maximum Gasteiger partial charge on any atom is 0.283 e. The molecule has 0 aliphatic heterocycles. The predicted molar refractivity (Wildman–Crippen MR) is 114 cm³/mol. The van der Waals surface area contributed by atoms with Crippen LogP contribution in [0.2, 0.25) is 20.1 Å². The third-order valence-corrected chi connectivity index (χ3v) is 6.76. The van der Waals surface area contributed by atoms with E-state index >= 15 is 0 Å². The second-order valence-electron chi connectivity index (χ2n) is 6.11. The Balaban J connectivity index is 2.63. The first kappa shape index (κ1) is 22.0. The number of halogens is 4. The molecule has 0 bridgehead atoms. The highest BCUT2D eigenvalue weighted by Crippen LogP contribution is 2.53. The standard InChI is InChI=1S/C19H12Cl4O5S/c20-11-3-1-2-10(6-11)19(29(26,27)28,14-5-4-12(21)8-16(14)24)18-15(23)7-13(22)9-17(18)25/h1-9,24-25H,(H,26,27,28). The van der Waals surface area contributed by atoms with E-state index in [-0.39, 0.29) is 31.2 Å². The van der Waals surface area contributed by atoms with E-state index in [9.17, 15) is 23.2 Å². The molecule has 10 heteroatoms. The second-order valence-corrected chi connectivity index (χ2v) is 9.39. The average molecular weight is 494 g/mol. The molecule has 0 spiro atoms. The first-order valence-electron chi connectivity index (χ1n) is 7.89. The molecule has 3 rings (SSSR count). The topological polar surface area (TPSA) is 94.8 Å². The quantitative estimate of drug-likeness (QED) is 0.311. The van der Waals surface area contributed by atoms with Gasteiger partial charge in [-0.15, -0.1) is 0 Å². The summed E-state index contributed by atoms with van der Waals surface area (Å²) in [7, 11) is -5.14. The molecule has 1 atom stereocenters. The van der Waals surface area contributed by atoms with Crippen molar-refractivity contribution in [3.63, 3.8) is 0 Å². The maximum absolute atomic E-state index is 13.0. The summed E-state index contributed by atoms with van der Waals surface area (Å²) in [4.78, 5) is 0. The van der Waals surface area contributed by atoms with E-state index in [0.717, 1.165) is 12.1 Å². The van der Waals surface area contributed by atoms with Crippen LogP contribution in [-0.2, 0) is 14.9 Å². The van der Waals surface area contributed by atoms with E-state index < -0.39 is 31.9 Å². The molecular formula is C19H12Cl4O5S. The zero-order valence-electron chi connectivity index (χ0n) is 14.3. The number of hydrogen-bond acceptors (Lipinski definition) is 4. The zero-order valence-corrected chi connectivity index (χ0v) is 18.1. The highest BCUT2D eigenvalue weighted by molar-refractivity contribution is 7.87. The van der Waals surface area contributed by atoms with Crippen molar-refractivity contribution in [3.8, 4) is 11.5 Å². The van der Waals surface area contributed by atoms with Crippen molar-refractivity contribution in [2.24, 2.45) is 0 Å². The van der Waals surface area contributed by atoms with Crippen LogP contribution in [-0.4, -0.2) is 23.2 Å². The summed E-state index contributed by atoms with van der Waals surface area (Å²) >= 11 is 24.2. The molecule has 0 aliphatic carbocycles. The van der Waals surface area contributed by atoms with Crippen LogP contribution < -0.4 is 0 Å². The minimum atomic E-state index is -5.14. The molecule has 0 amide bonds. The van der Waals surface area contributed by atoms with Crippen molar-refractivity contribution >= 4 is 56.5 Å². The molecule has 0 saturated carbocycles. The molecule has 5 nitrogen and oxygen atoms in total. The summed E-state index contributed by atoms with van der Waals surface area (Å²) in [5.41, 5.74) is -0.790. The molecule has 0 radical (unpaired) electrons. The summed E-state index contributed by atoms with van der Waals surface area (Å²) in [5.74, 6) is -1.17. The summed E-state index contributed by atoms with van der Waals surface area (Å²) in [5, 5.41) is 21.2. The van der Waals surface area contributed by atoms with Crippen LogP contribution in [0.25, 0.3) is 0 Å². The Morgan fingerprint density at radius 3 is 1.93 bits per heavy atom. The zero-order chi connectivity index (χ0) is 21.6. The maximum atomic E-state index is 13.0. The van der Waals surface area contributed by atoms with Crippen LogP contribution >= 0.6 is 46.4 Å². The molecule has 1 unspecified atom stereocenters.